The van der Waals surface area contributed by atoms with Crippen LogP contribution >= 0.6 is 11.9 Å². The number of aromatic nitrogens is 2. The van der Waals surface area contributed by atoms with E-state index in [9.17, 15) is 18.0 Å². The number of aliphatic carboxylic acids is 1. The number of carboxylic acid groups (broad SMARTS) is 1. The minimum atomic E-state index is -4.53. The van der Waals surface area contributed by atoms with Gasteiger partial charge in [-0.25, -0.2) is 9.97 Å². The largest absolute Gasteiger partial charge is 0.480 e. The molecule has 11 heteroatoms. The third-order valence-corrected chi connectivity index (χ3v) is 6.72. The molecule has 0 fully saturated rings. The van der Waals surface area contributed by atoms with Crippen LogP contribution in [-0.2, 0) is 17.4 Å². The molecule has 2 aromatic heterocycles. The van der Waals surface area contributed by atoms with Crippen molar-refractivity contribution in [3.8, 4) is 11.3 Å². The number of hydrogen-bond donors (Lipinski definition) is 3. The predicted octanol–water partition coefficient (Wildman–Crippen LogP) is 5.49. The van der Waals surface area contributed by atoms with Crippen molar-refractivity contribution in [3.05, 3.63) is 65.7 Å². The second-order valence-corrected chi connectivity index (χ2v) is 9.48. The topological polar surface area (TPSA) is 90.4 Å². The van der Waals surface area contributed by atoms with Crippen molar-refractivity contribution in [2.24, 2.45) is 0 Å². The number of pyridine rings is 2. The summed E-state index contributed by atoms with van der Waals surface area (Å²) in [5.74, 6) is 0.148. The van der Waals surface area contributed by atoms with Gasteiger partial charge in [0.05, 0.1) is 17.8 Å². The third kappa shape index (κ3) is 7.36. The lowest BCUT2D eigenvalue weighted by Crippen LogP contribution is -2.35. The van der Waals surface area contributed by atoms with E-state index in [0.29, 0.717) is 35.9 Å². The molecule has 0 saturated carbocycles. The first-order chi connectivity index (χ1) is 17.8. The van der Waals surface area contributed by atoms with Crippen LogP contribution in [0.3, 0.4) is 0 Å². The zero-order chi connectivity index (χ0) is 26.3. The van der Waals surface area contributed by atoms with Crippen molar-refractivity contribution >= 4 is 29.6 Å². The van der Waals surface area contributed by atoms with Gasteiger partial charge in [0.2, 0.25) is 0 Å². The summed E-state index contributed by atoms with van der Waals surface area (Å²) in [7, 11) is 0. The molecule has 0 saturated heterocycles. The summed E-state index contributed by atoms with van der Waals surface area (Å²) in [4.78, 5) is 22.0. The Balaban J connectivity index is 1.64. The first kappa shape index (κ1) is 26.7. The van der Waals surface area contributed by atoms with Crippen molar-refractivity contribution in [1.29, 1.82) is 0 Å². The fraction of sp³-hybridized carbons (Fsp3) is 0.346. The molecular formula is C26H28F3N5O2S. The maximum Gasteiger partial charge on any atom is 0.418 e. The summed E-state index contributed by atoms with van der Waals surface area (Å²) >= 11 is 1.17. The number of nitrogens with zero attached hydrogens (tertiary/aromatic N) is 3. The van der Waals surface area contributed by atoms with Crippen LogP contribution in [0.1, 0.15) is 30.4 Å². The van der Waals surface area contributed by atoms with Gasteiger partial charge in [-0.05, 0) is 49.1 Å². The zero-order valence-electron chi connectivity index (χ0n) is 20.1. The van der Waals surface area contributed by atoms with Crippen LogP contribution in [0.15, 0.2) is 59.6 Å². The Bertz CT molecular complexity index is 1220. The minimum Gasteiger partial charge on any atom is -0.480 e. The second kappa shape index (κ2) is 12.3. The fourth-order valence-corrected chi connectivity index (χ4v) is 4.81. The van der Waals surface area contributed by atoms with Gasteiger partial charge in [0.15, 0.2) is 0 Å². The number of carbonyl (C=O) groups is 1. The van der Waals surface area contributed by atoms with Crippen LogP contribution in [0.4, 0.5) is 24.8 Å². The van der Waals surface area contributed by atoms with Gasteiger partial charge in [0, 0.05) is 37.1 Å². The first-order valence-electron chi connectivity index (χ1n) is 12.0. The van der Waals surface area contributed by atoms with Gasteiger partial charge in [-0.3, -0.25) is 4.79 Å². The van der Waals surface area contributed by atoms with Crippen LogP contribution in [0.2, 0.25) is 0 Å². The highest BCUT2D eigenvalue weighted by molar-refractivity contribution is 8.00. The van der Waals surface area contributed by atoms with E-state index in [4.69, 9.17) is 10.1 Å². The van der Waals surface area contributed by atoms with E-state index in [1.54, 1.807) is 12.1 Å². The Morgan fingerprint density at radius 1 is 1.05 bits per heavy atom. The third-order valence-electron chi connectivity index (χ3n) is 5.98. The van der Waals surface area contributed by atoms with Gasteiger partial charge >= 0.3 is 12.1 Å². The molecule has 1 aromatic carbocycles. The smallest absolute Gasteiger partial charge is 0.418 e. The summed E-state index contributed by atoms with van der Waals surface area (Å²) in [5, 5.41) is 12.4. The Hall–Kier alpha value is -3.31. The Kier molecular flexibility index (Phi) is 8.88. The first-order valence-corrected chi connectivity index (χ1v) is 12.9. The number of benzene rings is 1. The normalized spacial score (nSPS) is 14.5. The maximum absolute atomic E-state index is 13.9. The van der Waals surface area contributed by atoms with Crippen LogP contribution in [0.25, 0.3) is 11.3 Å². The summed E-state index contributed by atoms with van der Waals surface area (Å²) in [6, 6.07) is 15.1. The zero-order valence-corrected chi connectivity index (χ0v) is 20.9. The predicted molar refractivity (Wildman–Crippen MR) is 139 cm³/mol. The molecule has 3 heterocycles. The van der Waals surface area contributed by atoms with Gasteiger partial charge in [-0.2, -0.15) is 13.2 Å². The molecule has 0 unspecified atom stereocenters. The van der Waals surface area contributed by atoms with Gasteiger partial charge in [-0.15, -0.1) is 0 Å². The molecule has 0 atom stereocenters. The number of alkyl halides is 3. The number of anilines is 2. The highest BCUT2D eigenvalue weighted by Gasteiger charge is 2.35. The molecule has 0 radical (unpaired) electrons. The fourth-order valence-electron chi connectivity index (χ4n) is 4.21. The average molecular weight is 532 g/mol. The summed E-state index contributed by atoms with van der Waals surface area (Å²) < 4.78 is 44.7. The van der Waals surface area contributed by atoms with E-state index in [-0.39, 0.29) is 12.2 Å². The molecule has 0 amide bonds. The summed E-state index contributed by atoms with van der Waals surface area (Å²) in [6.45, 7) is 1.70. The minimum absolute atomic E-state index is 0.0810. The van der Waals surface area contributed by atoms with Crippen LogP contribution in [0, 0.1) is 0 Å². The van der Waals surface area contributed by atoms with Crippen molar-refractivity contribution in [3.63, 3.8) is 0 Å². The summed E-state index contributed by atoms with van der Waals surface area (Å²) in [6.07, 6.45) is -1.34. The standard InChI is InChI=1S/C26H28F3N5O2S/c27-26(28,29)20-12-13-21-31-25(20)19-9-4-3-8-18(19)7-2-1-5-15-34(16-14-30-17-24(35)36)22-10-6-11-23(32-22)37-33-21/h3-4,6,8-13,30H,1-2,5,7,14-17H2,(H,31,33)(H,35,36). The van der Waals surface area contributed by atoms with Crippen LogP contribution in [0.5, 0.6) is 0 Å². The number of aryl methyl sites for hydroxylation is 1. The SMILES string of the molecule is O=C(O)CNCCN1CCCCCc2ccccc2-c2nc(ccc2C(F)(F)F)NSc2cccc1n2. The number of rotatable bonds is 5. The molecular weight excluding hydrogens is 503 g/mol. The molecule has 37 heavy (non-hydrogen) atoms. The van der Waals surface area contributed by atoms with Gasteiger partial charge in [-0.1, -0.05) is 36.8 Å². The molecule has 4 rings (SSSR count). The Morgan fingerprint density at radius 2 is 1.89 bits per heavy atom. The lowest BCUT2D eigenvalue weighted by atomic mass is 9.96. The van der Waals surface area contributed by atoms with Crippen molar-refractivity contribution in [1.82, 2.24) is 15.3 Å². The van der Waals surface area contributed by atoms with E-state index >= 15 is 0 Å². The quantitative estimate of drug-likeness (QED) is 0.294. The second-order valence-electron chi connectivity index (χ2n) is 8.65. The number of fused-ring (bicyclic) bond motifs is 6. The number of carboxylic acids is 1. The maximum atomic E-state index is 13.9. The molecule has 3 N–H and O–H groups in total. The van der Waals surface area contributed by atoms with Crippen molar-refractivity contribution in [2.45, 2.75) is 36.9 Å². The Morgan fingerprint density at radius 3 is 2.70 bits per heavy atom. The number of nitrogens with one attached hydrogen (secondary N) is 2. The van der Waals surface area contributed by atoms with Gasteiger partial charge in [0.25, 0.3) is 0 Å². The Labute approximate surface area is 217 Å². The molecule has 7 nitrogen and oxygen atoms in total. The average Bonchev–Trinajstić information content (AvgIpc) is 2.87. The molecule has 196 valence electrons. The molecule has 4 bridgehead atoms. The van der Waals surface area contributed by atoms with Crippen LogP contribution in [-0.4, -0.2) is 47.2 Å². The van der Waals surface area contributed by atoms with Crippen molar-refractivity contribution < 1.29 is 23.1 Å². The van der Waals surface area contributed by atoms with E-state index in [2.05, 4.69) is 19.9 Å². The lowest BCUT2D eigenvalue weighted by Gasteiger charge is -2.24. The number of hydrogen-bond acceptors (Lipinski definition) is 7. The summed E-state index contributed by atoms with van der Waals surface area (Å²) in [5.41, 5.74) is 0.479. The molecule has 0 spiro atoms. The van der Waals surface area contributed by atoms with Gasteiger partial charge in [0.1, 0.15) is 16.7 Å². The van der Waals surface area contributed by atoms with E-state index in [0.717, 1.165) is 43.3 Å². The molecule has 1 aliphatic rings. The van der Waals surface area contributed by atoms with E-state index < -0.39 is 17.7 Å². The van der Waals surface area contributed by atoms with E-state index in [1.807, 2.05) is 30.3 Å². The van der Waals surface area contributed by atoms with E-state index in [1.165, 1.54) is 18.0 Å². The highest BCUT2D eigenvalue weighted by atomic mass is 32.2. The monoisotopic (exact) mass is 531 g/mol. The highest BCUT2D eigenvalue weighted by Crippen LogP contribution is 2.38. The number of halogens is 3. The lowest BCUT2D eigenvalue weighted by molar-refractivity contribution is -0.137. The van der Waals surface area contributed by atoms with Gasteiger partial charge < -0.3 is 20.0 Å². The molecule has 0 aliphatic carbocycles. The van der Waals surface area contributed by atoms with Crippen LogP contribution < -0.4 is 14.9 Å². The molecule has 3 aromatic rings. The molecule has 1 aliphatic heterocycles. The van der Waals surface area contributed by atoms with Crippen molar-refractivity contribution in [2.75, 3.05) is 35.8 Å².